The van der Waals surface area contributed by atoms with E-state index in [1.165, 1.54) is 16.7 Å². The van der Waals surface area contributed by atoms with Gasteiger partial charge in [-0.3, -0.25) is 0 Å². The first-order valence-electron chi connectivity index (χ1n) is 5.79. The molecule has 2 atom stereocenters. The number of benzene rings is 1. The SMILES string of the molecule is COc1cc(C)c2c(c1)C1CNCC1OC2. The first-order chi connectivity index (χ1) is 7.79. The molecule has 1 fully saturated rings. The van der Waals surface area contributed by atoms with Crippen molar-refractivity contribution in [2.75, 3.05) is 20.2 Å². The lowest BCUT2D eigenvalue weighted by Gasteiger charge is -2.29. The normalized spacial score (nSPS) is 27.4. The molecule has 2 unspecified atom stereocenters. The molecule has 0 saturated carbocycles. The van der Waals surface area contributed by atoms with Gasteiger partial charge in [-0.2, -0.15) is 0 Å². The standard InChI is InChI=1S/C13H17NO2/c1-8-3-9(15-2)4-10-11-5-14-6-13(11)16-7-12(8)10/h3-4,11,13-14H,5-7H2,1-2H3. The summed E-state index contributed by atoms with van der Waals surface area (Å²) in [6.45, 7) is 4.87. The molecule has 3 heteroatoms. The first-order valence-corrected chi connectivity index (χ1v) is 5.79. The van der Waals surface area contributed by atoms with E-state index in [4.69, 9.17) is 9.47 Å². The number of nitrogens with one attached hydrogen (secondary N) is 1. The van der Waals surface area contributed by atoms with Crippen molar-refractivity contribution in [3.05, 3.63) is 28.8 Å². The summed E-state index contributed by atoms with van der Waals surface area (Å²) >= 11 is 0. The molecule has 3 rings (SSSR count). The largest absolute Gasteiger partial charge is 0.497 e. The zero-order valence-corrected chi connectivity index (χ0v) is 9.75. The molecule has 3 nitrogen and oxygen atoms in total. The van der Waals surface area contributed by atoms with Crippen LogP contribution in [0.25, 0.3) is 0 Å². The average Bonchev–Trinajstić information content (AvgIpc) is 2.77. The summed E-state index contributed by atoms with van der Waals surface area (Å²) in [6.07, 6.45) is 0.346. The van der Waals surface area contributed by atoms with Gasteiger partial charge >= 0.3 is 0 Å². The van der Waals surface area contributed by atoms with E-state index in [0.717, 1.165) is 25.4 Å². The monoisotopic (exact) mass is 219 g/mol. The summed E-state index contributed by atoms with van der Waals surface area (Å²) in [6, 6.07) is 4.26. The van der Waals surface area contributed by atoms with Crippen molar-refractivity contribution in [2.45, 2.75) is 25.6 Å². The van der Waals surface area contributed by atoms with Crippen molar-refractivity contribution in [3.63, 3.8) is 0 Å². The fraction of sp³-hybridized carbons (Fsp3) is 0.538. The number of hydrogen-bond acceptors (Lipinski definition) is 3. The first kappa shape index (κ1) is 10.1. The zero-order valence-electron chi connectivity index (χ0n) is 9.75. The predicted molar refractivity (Wildman–Crippen MR) is 61.9 cm³/mol. The zero-order chi connectivity index (χ0) is 11.1. The molecular formula is C13H17NO2. The maximum atomic E-state index is 5.88. The van der Waals surface area contributed by atoms with E-state index in [0.29, 0.717) is 12.0 Å². The van der Waals surface area contributed by atoms with Gasteiger partial charge in [0, 0.05) is 19.0 Å². The van der Waals surface area contributed by atoms with Gasteiger partial charge in [-0.15, -0.1) is 0 Å². The molecule has 0 bridgehead atoms. The van der Waals surface area contributed by atoms with Gasteiger partial charge < -0.3 is 14.8 Å². The van der Waals surface area contributed by atoms with Crippen molar-refractivity contribution in [3.8, 4) is 5.75 Å². The van der Waals surface area contributed by atoms with Gasteiger partial charge in [0.25, 0.3) is 0 Å². The van der Waals surface area contributed by atoms with E-state index in [9.17, 15) is 0 Å². The summed E-state index contributed by atoms with van der Waals surface area (Å²) in [5.74, 6) is 1.46. The number of aryl methyl sites for hydroxylation is 1. The van der Waals surface area contributed by atoms with Crippen LogP contribution >= 0.6 is 0 Å². The van der Waals surface area contributed by atoms with Crippen LogP contribution in [0.15, 0.2) is 12.1 Å². The molecule has 86 valence electrons. The fourth-order valence-corrected chi connectivity index (χ4v) is 2.79. The summed E-state index contributed by atoms with van der Waals surface area (Å²) in [4.78, 5) is 0. The van der Waals surface area contributed by atoms with Gasteiger partial charge in [0.15, 0.2) is 0 Å². The van der Waals surface area contributed by atoms with Crippen molar-refractivity contribution >= 4 is 0 Å². The Morgan fingerprint density at radius 3 is 3.06 bits per heavy atom. The Kier molecular flexibility index (Phi) is 2.37. The minimum atomic E-state index is 0.346. The van der Waals surface area contributed by atoms with Gasteiger partial charge in [-0.25, -0.2) is 0 Å². The lowest BCUT2D eigenvalue weighted by Crippen LogP contribution is -2.27. The second-order valence-corrected chi connectivity index (χ2v) is 4.63. The molecule has 0 aromatic heterocycles. The second-order valence-electron chi connectivity index (χ2n) is 4.63. The molecule has 0 amide bonds. The molecule has 2 aliphatic rings. The van der Waals surface area contributed by atoms with E-state index in [1.54, 1.807) is 7.11 Å². The van der Waals surface area contributed by atoms with Gasteiger partial charge in [0.1, 0.15) is 5.75 Å². The number of rotatable bonds is 1. The lowest BCUT2D eigenvalue weighted by molar-refractivity contribution is 0.0295. The Bertz CT molecular complexity index is 417. The molecule has 2 aliphatic heterocycles. The van der Waals surface area contributed by atoms with Crippen LogP contribution in [-0.4, -0.2) is 26.3 Å². The quantitative estimate of drug-likeness (QED) is 0.778. The molecular weight excluding hydrogens is 202 g/mol. The Labute approximate surface area is 95.8 Å². The van der Waals surface area contributed by atoms with Crippen molar-refractivity contribution in [2.24, 2.45) is 0 Å². The van der Waals surface area contributed by atoms with Crippen molar-refractivity contribution in [1.82, 2.24) is 5.32 Å². The molecule has 0 spiro atoms. The van der Waals surface area contributed by atoms with Gasteiger partial charge in [-0.05, 0) is 35.7 Å². The average molecular weight is 219 g/mol. The maximum absolute atomic E-state index is 5.88. The van der Waals surface area contributed by atoms with E-state index in [1.807, 2.05) is 0 Å². The molecule has 16 heavy (non-hydrogen) atoms. The van der Waals surface area contributed by atoms with Crippen LogP contribution < -0.4 is 10.1 Å². The Hall–Kier alpha value is -1.06. The third-order valence-corrected chi connectivity index (χ3v) is 3.72. The molecule has 1 saturated heterocycles. The van der Waals surface area contributed by atoms with Crippen molar-refractivity contribution in [1.29, 1.82) is 0 Å². The van der Waals surface area contributed by atoms with Crippen LogP contribution in [0.1, 0.15) is 22.6 Å². The number of methoxy groups -OCH3 is 1. The fourth-order valence-electron chi connectivity index (χ4n) is 2.79. The minimum absolute atomic E-state index is 0.346. The van der Waals surface area contributed by atoms with Crippen molar-refractivity contribution < 1.29 is 9.47 Å². The molecule has 1 aromatic carbocycles. The van der Waals surface area contributed by atoms with Crippen LogP contribution in [0.3, 0.4) is 0 Å². The lowest BCUT2D eigenvalue weighted by atomic mass is 9.87. The van der Waals surface area contributed by atoms with Gasteiger partial charge in [0.05, 0.1) is 19.8 Å². The second kappa shape index (κ2) is 3.75. The predicted octanol–water partition coefficient (Wildman–Crippen LogP) is 1.59. The summed E-state index contributed by atoms with van der Waals surface area (Å²) in [7, 11) is 1.73. The summed E-state index contributed by atoms with van der Waals surface area (Å²) < 4.78 is 11.2. The van der Waals surface area contributed by atoms with E-state index in [2.05, 4.69) is 24.4 Å². The minimum Gasteiger partial charge on any atom is -0.497 e. The number of hydrogen-bond donors (Lipinski definition) is 1. The van der Waals surface area contributed by atoms with Crippen LogP contribution in [0.2, 0.25) is 0 Å². The molecule has 2 heterocycles. The third-order valence-electron chi connectivity index (χ3n) is 3.72. The van der Waals surface area contributed by atoms with E-state index < -0.39 is 0 Å². The molecule has 0 aliphatic carbocycles. The number of fused-ring (bicyclic) bond motifs is 3. The maximum Gasteiger partial charge on any atom is 0.119 e. The highest BCUT2D eigenvalue weighted by Gasteiger charge is 2.35. The smallest absolute Gasteiger partial charge is 0.119 e. The summed E-state index contributed by atoms with van der Waals surface area (Å²) in [5, 5.41) is 3.40. The highest BCUT2D eigenvalue weighted by atomic mass is 16.5. The Morgan fingerprint density at radius 2 is 2.25 bits per heavy atom. The van der Waals surface area contributed by atoms with Crippen LogP contribution in [0, 0.1) is 6.92 Å². The van der Waals surface area contributed by atoms with Crippen LogP contribution in [-0.2, 0) is 11.3 Å². The highest BCUT2D eigenvalue weighted by Crippen LogP contribution is 2.37. The van der Waals surface area contributed by atoms with E-state index >= 15 is 0 Å². The molecule has 0 radical (unpaired) electrons. The topological polar surface area (TPSA) is 30.5 Å². The third kappa shape index (κ3) is 1.43. The van der Waals surface area contributed by atoms with Crippen LogP contribution in [0.5, 0.6) is 5.75 Å². The van der Waals surface area contributed by atoms with Gasteiger partial charge in [-0.1, -0.05) is 0 Å². The van der Waals surface area contributed by atoms with Crippen LogP contribution in [0.4, 0.5) is 0 Å². The molecule has 1 N–H and O–H groups in total. The summed E-state index contributed by atoms with van der Waals surface area (Å²) in [5.41, 5.74) is 4.04. The number of ether oxygens (including phenoxy) is 2. The Morgan fingerprint density at radius 1 is 1.38 bits per heavy atom. The van der Waals surface area contributed by atoms with Gasteiger partial charge in [0.2, 0.25) is 0 Å². The highest BCUT2D eigenvalue weighted by molar-refractivity contribution is 5.45. The Balaban J connectivity index is 2.09. The van der Waals surface area contributed by atoms with E-state index in [-0.39, 0.29) is 0 Å². The molecule has 1 aromatic rings.